The molecule has 0 aliphatic carbocycles. The van der Waals surface area contributed by atoms with Crippen LogP contribution >= 0.6 is 0 Å². The van der Waals surface area contributed by atoms with Gasteiger partial charge in [0.05, 0.1) is 24.2 Å². The molecule has 4 rings (SSSR count). The van der Waals surface area contributed by atoms with Crippen LogP contribution in [0.2, 0.25) is 0 Å². The second-order valence-corrected chi connectivity index (χ2v) is 7.08. The molecule has 0 unspecified atom stereocenters. The van der Waals surface area contributed by atoms with Crippen molar-refractivity contribution in [1.29, 1.82) is 0 Å². The molecule has 1 saturated heterocycles. The predicted molar refractivity (Wildman–Crippen MR) is 94.8 cm³/mol. The third kappa shape index (κ3) is 3.60. The molecular formula is C21H26O4. The van der Waals surface area contributed by atoms with E-state index in [0.717, 1.165) is 36.3 Å². The number of allylic oxidation sites excluding steroid dienone is 3. The first-order chi connectivity index (χ1) is 12.2. The molecule has 0 radical (unpaired) electrons. The SMILES string of the molecule is CC1=CC[C@@H]2O[C@@H]3CCC=C(C)O[C@H]3[C@H](OCc3ccccc3)[C@H]2O1. The van der Waals surface area contributed by atoms with E-state index in [1.165, 1.54) is 0 Å². The molecule has 5 atom stereocenters. The number of hydrogen-bond donors (Lipinski definition) is 0. The number of rotatable bonds is 3. The van der Waals surface area contributed by atoms with Crippen molar-refractivity contribution in [2.24, 2.45) is 0 Å². The van der Waals surface area contributed by atoms with Crippen molar-refractivity contribution < 1.29 is 18.9 Å². The lowest BCUT2D eigenvalue weighted by Gasteiger charge is -2.47. The molecule has 134 valence electrons. The van der Waals surface area contributed by atoms with E-state index in [1.54, 1.807) is 0 Å². The molecule has 0 saturated carbocycles. The Bertz CT molecular complexity index is 651. The van der Waals surface area contributed by atoms with Crippen molar-refractivity contribution in [2.45, 2.75) is 70.2 Å². The molecule has 0 N–H and O–H groups in total. The lowest BCUT2D eigenvalue weighted by atomic mass is 9.90. The highest BCUT2D eigenvalue weighted by atomic mass is 16.6. The van der Waals surface area contributed by atoms with Crippen LogP contribution in [0.15, 0.2) is 54.0 Å². The van der Waals surface area contributed by atoms with Crippen LogP contribution in [-0.2, 0) is 25.6 Å². The fourth-order valence-electron chi connectivity index (χ4n) is 3.91. The van der Waals surface area contributed by atoms with Gasteiger partial charge in [-0.15, -0.1) is 0 Å². The quantitative estimate of drug-likeness (QED) is 0.828. The smallest absolute Gasteiger partial charge is 0.154 e. The minimum Gasteiger partial charge on any atom is -0.490 e. The molecule has 25 heavy (non-hydrogen) atoms. The molecule has 3 heterocycles. The Morgan fingerprint density at radius 2 is 1.68 bits per heavy atom. The van der Waals surface area contributed by atoms with Gasteiger partial charge in [-0.1, -0.05) is 30.3 Å². The van der Waals surface area contributed by atoms with Crippen molar-refractivity contribution >= 4 is 0 Å². The van der Waals surface area contributed by atoms with E-state index in [0.29, 0.717) is 6.61 Å². The highest BCUT2D eigenvalue weighted by Crippen LogP contribution is 2.37. The average Bonchev–Trinajstić information content (AvgIpc) is 2.80. The fraction of sp³-hybridized carbons (Fsp3) is 0.524. The van der Waals surface area contributed by atoms with Gasteiger partial charge >= 0.3 is 0 Å². The van der Waals surface area contributed by atoms with E-state index < -0.39 is 0 Å². The Balaban J connectivity index is 1.57. The zero-order valence-corrected chi connectivity index (χ0v) is 14.9. The molecule has 3 aliphatic rings. The number of hydrogen-bond acceptors (Lipinski definition) is 4. The highest BCUT2D eigenvalue weighted by Gasteiger charge is 2.50. The zero-order chi connectivity index (χ0) is 17.2. The first kappa shape index (κ1) is 16.7. The summed E-state index contributed by atoms with van der Waals surface area (Å²) in [7, 11) is 0. The summed E-state index contributed by atoms with van der Waals surface area (Å²) in [5, 5.41) is 0. The largest absolute Gasteiger partial charge is 0.490 e. The Morgan fingerprint density at radius 1 is 0.960 bits per heavy atom. The number of fused-ring (bicyclic) bond motifs is 2. The van der Waals surface area contributed by atoms with Gasteiger partial charge < -0.3 is 18.9 Å². The van der Waals surface area contributed by atoms with E-state index in [2.05, 4.69) is 24.3 Å². The molecule has 0 bridgehead atoms. The standard InChI is InChI=1S/C21H26O4/c1-14-7-6-10-17-19(23-14)21(22-13-16-8-4-3-5-9-16)20-18(25-17)12-11-15(2)24-20/h3-5,7-9,11,17-21H,6,10,12-13H2,1-2H3/t17-,18+,19-,20+,21+/m1/s1. The fourth-order valence-corrected chi connectivity index (χ4v) is 3.91. The lowest BCUT2D eigenvalue weighted by Crippen LogP contribution is -2.60. The molecule has 0 amide bonds. The maximum atomic E-state index is 6.38. The first-order valence-electron chi connectivity index (χ1n) is 9.18. The van der Waals surface area contributed by atoms with Crippen molar-refractivity contribution in [3.63, 3.8) is 0 Å². The van der Waals surface area contributed by atoms with Crippen LogP contribution in [0.25, 0.3) is 0 Å². The van der Waals surface area contributed by atoms with Crippen LogP contribution in [-0.4, -0.2) is 30.5 Å². The zero-order valence-electron chi connectivity index (χ0n) is 14.9. The van der Waals surface area contributed by atoms with Crippen LogP contribution in [0.3, 0.4) is 0 Å². The molecule has 0 aromatic heterocycles. The summed E-state index contributed by atoms with van der Waals surface area (Å²) in [4.78, 5) is 0. The minimum atomic E-state index is -0.144. The molecular weight excluding hydrogens is 316 g/mol. The van der Waals surface area contributed by atoms with E-state index in [-0.39, 0.29) is 30.5 Å². The predicted octanol–water partition coefficient (Wildman–Crippen LogP) is 4.11. The highest BCUT2D eigenvalue weighted by molar-refractivity contribution is 5.14. The Morgan fingerprint density at radius 3 is 2.48 bits per heavy atom. The summed E-state index contributed by atoms with van der Waals surface area (Å²) in [6, 6.07) is 10.3. The maximum absolute atomic E-state index is 6.38. The van der Waals surface area contributed by atoms with Gasteiger partial charge in [0.2, 0.25) is 0 Å². The van der Waals surface area contributed by atoms with Gasteiger partial charge in [0.15, 0.2) is 12.2 Å². The summed E-state index contributed by atoms with van der Waals surface area (Å²) in [5.41, 5.74) is 1.16. The molecule has 1 aromatic rings. The van der Waals surface area contributed by atoms with E-state index in [4.69, 9.17) is 18.9 Å². The second-order valence-electron chi connectivity index (χ2n) is 7.08. The van der Waals surface area contributed by atoms with E-state index in [1.807, 2.05) is 32.0 Å². The average molecular weight is 342 g/mol. The van der Waals surface area contributed by atoms with Gasteiger partial charge in [0.25, 0.3) is 0 Å². The molecule has 1 fully saturated rings. The van der Waals surface area contributed by atoms with E-state index in [9.17, 15) is 0 Å². The van der Waals surface area contributed by atoms with Crippen LogP contribution < -0.4 is 0 Å². The monoisotopic (exact) mass is 342 g/mol. The molecule has 3 aliphatic heterocycles. The van der Waals surface area contributed by atoms with Crippen LogP contribution in [0.5, 0.6) is 0 Å². The van der Waals surface area contributed by atoms with Gasteiger partial charge in [0, 0.05) is 0 Å². The lowest BCUT2D eigenvalue weighted by molar-refractivity contribution is -0.248. The number of benzene rings is 1. The van der Waals surface area contributed by atoms with Gasteiger partial charge in [0.1, 0.15) is 12.2 Å². The molecule has 1 aromatic carbocycles. The normalized spacial score (nSPS) is 34.4. The van der Waals surface area contributed by atoms with Crippen LogP contribution in [0, 0.1) is 0 Å². The number of ether oxygens (including phenoxy) is 4. The van der Waals surface area contributed by atoms with Gasteiger partial charge in [-0.2, -0.15) is 0 Å². The summed E-state index contributed by atoms with van der Waals surface area (Å²) in [5.74, 6) is 1.89. The Hall–Kier alpha value is -1.78. The summed E-state index contributed by atoms with van der Waals surface area (Å²) >= 11 is 0. The van der Waals surface area contributed by atoms with E-state index >= 15 is 0 Å². The van der Waals surface area contributed by atoms with Gasteiger partial charge in [-0.05, 0) is 50.8 Å². The van der Waals surface area contributed by atoms with Gasteiger partial charge in [-0.3, -0.25) is 0 Å². The van der Waals surface area contributed by atoms with Crippen molar-refractivity contribution in [3.05, 3.63) is 59.6 Å². The summed E-state index contributed by atoms with van der Waals surface area (Å²) < 4.78 is 25.1. The molecule has 0 spiro atoms. The molecule has 4 nitrogen and oxygen atoms in total. The third-order valence-corrected chi connectivity index (χ3v) is 5.18. The Kier molecular flexibility index (Phi) is 4.82. The first-order valence-corrected chi connectivity index (χ1v) is 9.18. The van der Waals surface area contributed by atoms with Gasteiger partial charge in [-0.25, -0.2) is 0 Å². The third-order valence-electron chi connectivity index (χ3n) is 5.18. The Labute approximate surface area is 149 Å². The van der Waals surface area contributed by atoms with Crippen LogP contribution in [0.4, 0.5) is 0 Å². The summed E-state index contributed by atoms with van der Waals surface area (Å²) in [6.07, 6.45) is 6.74. The second kappa shape index (κ2) is 7.22. The van der Waals surface area contributed by atoms with Crippen LogP contribution in [0.1, 0.15) is 38.7 Å². The van der Waals surface area contributed by atoms with Crippen molar-refractivity contribution in [2.75, 3.05) is 0 Å². The maximum Gasteiger partial charge on any atom is 0.154 e. The molecule has 4 heteroatoms. The minimum absolute atomic E-state index is 0.0349. The topological polar surface area (TPSA) is 36.9 Å². The summed E-state index contributed by atoms with van der Waals surface area (Å²) in [6.45, 7) is 4.56. The van der Waals surface area contributed by atoms with Crippen molar-refractivity contribution in [3.8, 4) is 0 Å². The van der Waals surface area contributed by atoms with Crippen molar-refractivity contribution in [1.82, 2.24) is 0 Å².